The minimum Gasteiger partial charge on any atom is -0.387 e. The standard InChI is InChI=1S/C16H17FN2O2S/c17-13-6-4-12(5-7-13)15(20)9-19-16(21)11-22-10-14-3-1-2-8-18-14/h1-8,15,20H,9-11H2,(H,19,21). The molecule has 0 spiro atoms. The van der Waals surface area contributed by atoms with Gasteiger partial charge in [-0.1, -0.05) is 18.2 Å². The zero-order valence-corrected chi connectivity index (χ0v) is 12.7. The van der Waals surface area contributed by atoms with Crippen LogP contribution in [0.25, 0.3) is 0 Å². The number of hydrogen-bond acceptors (Lipinski definition) is 4. The summed E-state index contributed by atoms with van der Waals surface area (Å²) in [6.07, 6.45) is 0.875. The number of aromatic nitrogens is 1. The van der Waals surface area contributed by atoms with Gasteiger partial charge in [0.25, 0.3) is 0 Å². The number of nitrogens with one attached hydrogen (secondary N) is 1. The third kappa shape index (κ3) is 5.46. The van der Waals surface area contributed by atoms with Crippen molar-refractivity contribution in [3.8, 4) is 0 Å². The van der Waals surface area contributed by atoms with Gasteiger partial charge in [-0.3, -0.25) is 9.78 Å². The van der Waals surface area contributed by atoms with Crippen molar-refractivity contribution in [3.63, 3.8) is 0 Å². The first kappa shape index (κ1) is 16.5. The summed E-state index contributed by atoms with van der Waals surface area (Å²) >= 11 is 1.46. The number of carbonyl (C=O) groups is 1. The van der Waals surface area contributed by atoms with Gasteiger partial charge in [0.1, 0.15) is 5.82 Å². The normalized spacial score (nSPS) is 11.9. The number of rotatable bonds is 7. The molecule has 1 aromatic heterocycles. The first-order valence-corrected chi connectivity index (χ1v) is 7.98. The van der Waals surface area contributed by atoms with E-state index in [1.165, 1.54) is 36.0 Å². The second-order valence-corrected chi connectivity index (χ2v) is 5.67. The van der Waals surface area contributed by atoms with Crippen LogP contribution in [0, 0.1) is 5.82 Å². The molecule has 0 aliphatic rings. The van der Waals surface area contributed by atoms with E-state index in [-0.39, 0.29) is 18.3 Å². The maximum Gasteiger partial charge on any atom is 0.230 e. The van der Waals surface area contributed by atoms with Gasteiger partial charge in [0, 0.05) is 18.5 Å². The van der Waals surface area contributed by atoms with Crippen LogP contribution in [-0.2, 0) is 10.5 Å². The zero-order chi connectivity index (χ0) is 15.8. The summed E-state index contributed by atoms with van der Waals surface area (Å²) in [5.74, 6) is 0.453. The molecule has 6 heteroatoms. The molecule has 2 aromatic rings. The van der Waals surface area contributed by atoms with E-state index in [0.29, 0.717) is 17.1 Å². The average Bonchev–Trinajstić information content (AvgIpc) is 2.54. The number of halogens is 1. The number of benzene rings is 1. The van der Waals surface area contributed by atoms with Gasteiger partial charge < -0.3 is 10.4 Å². The van der Waals surface area contributed by atoms with Crippen molar-refractivity contribution in [1.82, 2.24) is 10.3 Å². The Labute approximate surface area is 132 Å². The number of aliphatic hydroxyl groups is 1. The summed E-state index contributed by atoms with van der Waals surface area (Å²) in [4.78, 5) is 15.9. The summed E-state index contributed by atoms with van der Waals surface area (Å²) in [5.41, 5.74) is 1.49. The molecule has 1 heterocycles. The molecule has 1 aromatic carbocycles. The molecule has 22 heavy (non-hydrogen) atoms. The molecule has 0 bridgehead atoms. The minimum absolute atomic E-state index is 0.106. The second kappa shape index (κ2) is 8.51. The van der Waals surface area contributed by atoms with Crippen LogP contribution >= 0.6 is 11.8 Å². The molecule has 0 aliphatic heterocycles. The SMILES string of the molecule is O=C(CSCc1ccccn1)NCC(O)c1ccc(F)cc1. The lowest BCUT2D eigenvalue weighted by Crippen LogP contribution is -2.29. The van der Waals surface area contributed by atoms with Crippen molar-refractivity contribution in [2.24, 2.45) is 0 Å². The van der Waals surface area contributed by atoms with Crippen LogP contribution in [0.1, 0.15) is 17.4 Å². The summed E-state index contributed by atoms with van der Waals surface area (Å²) in [6.45, 7) is 0.106. The largest absolute Gasteiger partial charge is 0.387 e. The Morgan fingerprint density at radius 2 is 2.05 bits per heavy atom. The zero-order valence-electron chi connectivity index (χ0n) is 11.9. The second-order valence-electron chi connectivity index (χ2n) is 4.69. The smallest absolute Gasteiger partial charge is 0.230 e. The van der Waals surface area contributed by atoms with Gasteiger partial charge in [0.2, 0.25) is 5.91 Å². The van der Waals surface area contributed by atoms with Gasteiger partial charge >= 0.3 is 0 Å². The number of hydrogen-bond donors (Lipinski definition) is 2. The maximum absolute atomic E-state index is 12.8. The Hall–Kier alpha value is -1.92. The predicted octanol–water partition coefficient (Wildman–Crippen LogP) is 2.30. The molecule has 0 fully saturated rings. The fraction of sp³-hybridized carbons (Fsp3) is 0.250. The third-order valence-electron chi connectivity index (χ3n) is 2.96. The van der Waals surface area contributed by atoms with Crippen molar-refractivity contribution in [2.45, 2.75) is 11.9 Å². The van der Waals surface area contributed by atoms with Crippen LogP contribution in [0.5, 0.6) is 0 Å². The van der Waals surface area contributed by atoms with Crippen LogP contribution in [0.2, 0.25) is 0 Å². The monoisotopic (exact) mass is 320 g/mol. The Bertz CT molecular complexity index is 593. The fourth-order valence-electron chi connectivity index (χ4n) is 1.80. The molecule has 0 radical (unpaired) electrons. The number of pyridine rings is 1. The topological polar surface area (TPSA) is 62.2 Å². The number of amides is 1. The van der Waals surface area contributed by atoms with Crippen LogP contribution in [0.15, 0.2) is 48.7 Å². The van der Waals surface area contributed by atoms with Gasteiger partial charge in [-0.25, -0.2) is 4.39 Å². The molecule has 2 N–H and O–H groups in total. The minimum atomic E-state index is -0.842. The molecule has 1 atom stereocenters. The van der Waals surface area contributed by atoms with Crippen molar-refractivity contribution in [1.29, 1.82) is 0 Å². The van der Waals surface area contributed by atoms with Crippen molar-refractivity contribution in [3.05, 3.63) is 65.7 Å². The molecule has 1 unspecified atom stereocenters. The van der Waals surface area contributed by atoms with E-state index in [1.807, 2.05) is 18.2 Å². The summed E-state index contributed by atoms with van der Waals surface area (Å²) in [6, 6.07) is 11.2. The van der Waals surface area contributed by atoms with E-state index in [0.717, 1.165) is 5.69 Å². The van der Waals surface area contributed by atoms with Gasteiger partial charge in [0.15, 0.2) is 0 Å². The number of aliphatic hydroxyl groups excluding tert-OH is 1. The van der Waals surface area contributed by atoms with Gasteiger partial charge in [-0.05, 0) is 29.8 Å². The van der Waals surface area contributed by atoms with Gasteiger partial charge in [-0.2, -0.15) is 0 Å². The van der Waals surface area contributed by atoms with Crippen LogP contribution in [0.3, 0.4) is 0 Å². The summed E-state index contributed by atoms with van der Waals surface area (Å²) < 4.78 is 12.8. The highest BCUT2D eigenvalue weighted by Crippen LogP contribution is 2.13. The van der Waals surface area contributed by atoms with Crippen LogP contribution < -0.4 is 5.32 Å². The van der Waals surface area contributed by atoms with E-state index in [1.54, 1.807) is 6.20 Å². The molecule has 0 aliphatic carbocycles. The van der Waals surface area contributed by atoms with E-state index < -0.39 is 6.10 Å². The Kier molecular flexibility index (Phi) is 6.36. The molecular formula is C16H17FN2O2S. The lowest BCUT2D eigenvalue weighted by molar-refractivity contribution is -0.119. The first-order chi connectivity index (χ1) is 10.6. The fourth-order valence-corrected chi connectivity index (χ4v) is 2.57. The molecule has 116 valence electrons. The van der Waals surface area contributed by atoms with Crippen LogP contribution in [0.4, 0.5) is 4.39 Å². The number of carbonyl (C=O) groups excluding carboxylic acids is 1. The van der Waals surface area contributed by atoms with Crippen molar-refractivity contribution in [2.75, 3.05) is 12.3 Å². The lowest BCUT2D eigenvalue weighted by atomic mass is 10.1. The quantitative estimate of drug-likeness (QED) is 0.822. The molecule has 2 rings (SSSR count). The highest BCUT2D eigenvalue weighted by atomic mass is 32.2. The van der Waals surface area contributed by atoms with Crippen molar-refractivity contribution >= 4 is 17.7 Å². The molecular weight excluding hydrogens is 303 g/mol. The molecule has 4 nitrogen and oxygen atoms in total. The Balaban J connectivity index is 1.68. The maximum atomic E-state index is 12.8. The van der Waals surface area contributed by atoms with E-state index >= 15 is 0 Å². The van der Waals surface area contributed by atoms with Crippen molar-refractivity contribution < 1.29 is 14.3 Å². The average molecular weight is 320 g/mol. The molecule has 1 amide bonds. The summed E-state index contributed by atoms with van der Waals surface area (Å²) in [7, 11) is 0. The van der Waals surface area contributed by atoms with E-state index in [2.05, 4.69) is 10.3 Å². The Morgan fingerprint density at radius 3 is 2.73 bits per heavy atom. The van der Waals surface area contributed by atoms with E-state index in [9.17, 15) is 14.3 Å². The van der Waals surface area contributed by atoms with E-state index in [4.69, 9.17) is 0 Å². The Morgan fingerprint density at radius 1 is 1.27 bits per heavy atom. The lowest BCUT2D eigenvalue weighted by Gasteiger charge is -2.12. The van der Waals surface area contributed by atoms with Gasteiger partial charge in [-0.15, -0.1) is 11.8 Å². The number of nitrogens with zero attached hydrogens (tertiary/aromatic N) is 1. The highest BCUT2D eigenvalue weighted by Gasteiger charge is 2.09. The highest BCUT2D eigenvalue weighted by molar-refractivity contribution is 7.99. The predicted molar refractivity (Wildman–Crippen MR) is 84.8 cm³/mol. The number of thioether (sulfide) groups is 1. The molecule has 0 saturated carbocycles. The van der Waals surface area contributed by atoms with Gasteiger partial charge in [0.05, 0.1) is 17.6 Å². The molecule has 0 saturated heterocycles. The third-order valence-corrected chi connectivity index (χ3v) is 3.92. The first-order valence-electron chi connectivity index (χ1n) is 6.83. The van der Waals surface area contributed by atoms with Crippen LogP contribution in [-0.4, -0.2) is 28.3 Å². The summed E-state index contributed by atoms with van der Waals surface area (Å²) in [5, 5.41) is 12.6.